The van der Waals surface area contributed by atoms with Gasteiger partial charge in [0, 0.05) is 12.7 Å². The van der Waals surface area contributed by atoms with Gasteiger partial charge in [-0.1, -0.05) is 42.5 Å². The van der Waals surface area contributed by atoms with Crippen molar-refractivity contribution in [3.05, 3.63) is 72.1 Å². The van der Waals surface area contributed by atoms with Crippen LogP contribution in [0.4, 0.5) is 0 Å². The van der Waals surface area contributed by atoms with Crippen LogP contribution < -0.4 is 4.74 Å². The van der Waals surface area contributed by atoms with Crippen molar-refractivity contribution in [2.45, 2.75) is 12.5 Å². The molecular weight excluding hydrogens is 236 g/mol. The summed E-state index contributed by atoms with van der Waals surface area (Å²) < 4.78 is 11.1. The lowest BCUT2D eigenvalue weighted by Crippen LogP contribution is -2.08. The summed E-state index contributed by atoms with van der Waals surface area (Å²) in [5.74, 6) is 0.841. The molecule has 0 spiro atoms. The highest BCUT2D eigenvalue weighted by Gasteiger charge is 2.19. The molecule has 0 saturated heterocycles. The Hall–Kier alpha value is -1.80. The Balaban J connectivity index is 2.50. The second-order valence-corrected chi connectivity index (χ2v) is 4.31. The summed E-state index contributed by atoms with van der Waals surface area (Å²) in [5, 5.41) is 0. The van der Waals surface area contributed by atoms with Gasteiger partial charge in [-0.2, -0.15) is 0 Å². The standard InChI is InChI=1S/C17H19O2/c1-4-13-9-5-6-10-14(13)17(19-3)15-11-7-8-12-16(15)18-2/h5-12,17H,1,4H2,2-3H3. The molecule has 0 fully saturated rings. The van der Waals surface area contributed by atoms with E-state index in [-0.39, 0.29) is 6.10 Å². The molecule has 1 atom stereocenters. The van der Waals surface area contributed by atoms with E-state index in [1.807, 2.05) is 36.4 Å². The second-order valence-electron chi connectivity index (χ2n) is 4.31. The Bertz CT molecular complexity index is 487. The van der Waals surface area contributed by atoms with Crippen molar-refractivity contribution in [3.63, 3.8) is 0 Å². The molecule has 99 valence electrons. The summed E-state index contributed by atoms with van der Waals surface area (Å²) in [4.78, 5) is 0. The van der Waals surface area contributed by atoms with Crippen LogP contribution in [0.1, 0.15) is 22.8 Å². The lowest BCUT2D eigenvalue weighted by molar-refractivity contribution is 0.133. The number of hydrogen-bond donors (Lipinski definition) is 0. The monoisotopic (exact) mass is 255 g/mol. The number of para-hydroxylation sites is 1. The smallest absolute Gasteiger partial charge is 0.125 e. The molecule has 0 N–H and O–H groups in total. The van der Waals surface area contributed by atoms with Gasteiger partial charge >= 0.3 is 0 Å². The molecule has 19 heavy (non-hydrogen) atoms. The van der Waals surface area contributed by atoms with Gasteiger partial charge in [0.2, 0.25) is 0 Å². The molecule has 0 aliphatic rings. The van der Waals surface area contributed by atoms with E-state index in [4.69, 9.17) is 9.47 Å². The van der Waals surface area contributed by atoms with E-state index in [1.165, 1.54) is 5.56 Å². The van der Waals surface area contributed by atoms with Crippen LogP contribution in [0.25, 0.3) is 0 Å². The molecule has 2 heteroatoms. The zero-order chi connectivity index (χ0) is 13.7. The molecule has 0 aliphatic carbocycles. The van der Waals surface area contributed by atoms with E-state index in [1.54, 1.807) is 14.2 Å². The summed E-state index contributed by atoms with van der Waals surface area (Å²) in [5.41, 5.74) is 3.37. The highest BCUT2D eigenvalue weighted by atomic mass is 16.5. The van der Waals surface area contributed by atoms with Crippen LogP contribution in [0, 0.1) is 6.92 Å². The Kier molecular flexibility index (Phi) is 4.58. The van der Waals surface area contributed by atoms with Gasteiger partial charge in [-0.25, -0.2) is 0 Å². The number of ether oxygens (including phenoxy) is 2. The van der Waals surface area contributed by atoms with Crippen molar-refractivity contribution in [1.29, 1.82) is 0 Å². The zero-order valence-corrected chi connectivity index (χ0v) is 11.4. The fourth-order valence-electron chi connectivity index (χ4n) is 2.32. The van der Waals surface area contributed by atoms with Gasteiger partial charge in [-0.05, 0) is 30.5 Å². The number of rotatable bonds is 5. The SMILES string of the molecule is [CH2]Cc1ccccc1C(OC)c1ccccc1OC. The fraction of sp³-hybridized carbons (Fsp3) is 0.235. The highest BCUT2D eigenvalue weighted by Crippen LogP contribution is 2.33. The van der Waals surface area contributed by atoms with Crippen LogP contribution in [-0.2, 0) is 11.2 Å². The van der Waals surface area contributed by atoms with Crippen LogP contribution in [-0.4, -0.2) is 14.2 Å². The van der Waals surface area contributed by atoms with E-state index >= 15 is 0 Å². The Morgan fingerprint density at radius 1 is 0.947 bits per heavy atom. The minimum absolute atomic E-state index is 0.130. The van der Waals surface area contributed by atoms with E-state index in [9.17, 15) is 0 Å². The largest absolute Gasteiger partial charge is 0.496 e. The molecule has 1 radical (unpaired) electrons. The molecule has 0 bridgehead atoms. The van der Waals surface area contributed by atoms with Gasteiger partial charge in [0.25, 0.3) is 0 Å². The predicted molar refractivity (Wildman–Crippen MR) is 77.3 cm³/mol. The van der Waals surface area contributed by atoms with Gasteiger partial charge < -0.3 is 9.47 Å². The quantitative estimate of drug-likeness (QED) is 0.809. The minimum Gasteiger partial charge on any atom is -0.496 e. The van der Waals surface area contributed by atoms with Crippen molar-refractivity contribution in [3.8, 4) is 5.75 Å². The Morgan fingerprint density at radius 2 is 1.58 bits per heavy atom. The zero-order valence-electron chi connectivity index (χ0n) is 11.4. The lowest BCUT2D eigenvalue weighted by atomic mass is 9.95. The summed E-state index contributed by atoms with van der Waals surface area (Å²) in [7, 11) is 3.40. The molecule has 0 heterocycles. The Labute approximate surface area is 115 Å². The van der Waals surface area contributed by atoms with Crippen molar-refractivity contribution in [2.75, 3.05) is 14.2 Å². The van der Waals surface area contributed by atoms with Gasteiger partial charge in [0.15, 0.2) is 0 Å². The molecule has 0 aromatic heterocycles. The van der Waals surface area contributed by atoms with E-state index in [0.29, 0.717) is 0 Å². The first kappa shape index (κ1) is 13.6. The van der Waals surface area contributed by atoms with Gasteiger partial charge in [-0.15, -0.1) is 0 Å². The van der Waals surface area contributed by atoms with Crippen molar-refractivity contribution in [1.82, 2.24) is 0 Å². The topological polar surface area (TPSA) is 18.5 Å². The van der Waals surface area contributed by atoms with Gasteiger partial charge in [-0.3, -0.25) is 0 Å². The first-order valence-corrected chi connectivity index (χ1v) is 6.34. The summed E-state index contributed by atoms with van der Waals surface area (Å²) in [6.07, 6.45) is 0.611. The maximum atomic E-state index is 5.70. The van der Waals surface area contributed by atoms with Crippen LogP contribution in [0.3, 0.4) is 0 Å². The number of hydrogen-bond acceptors (Lipinski definition) is 2. The van der Waals surface area contributed by atoms with E-state index in [2.05, 4.69) is 19.1 Å². The van der Waals surface area contributed by atoms with Crippen LogP contribution >= 0.6 is 0 Å². The number of benzene rings is 2. The van der Waals surface area contributed by atoms with E-state index < -0.39 is 0 Å². The molecule has 0 saturated carbocycles. The molecule has 0 amide bonds. The lowest BCUT2D eigenvalue weighted by Gasteiger charge is -2.21. The number of methoxy groups -OCH3 is 2. The molecular formula is C17H19O2. The maximum absolute atomic E-state index is 5.70. The Morgan fingerprint density at radius 3 is 2.21 bits per heavy atom. The van der Waals surface area contributed by atoms with Gasteiger partial charge in [0.1, 0.15) is 11.9 Å². The molecule has 2 rings (SSSR count). The fourth-order valence-corrected chi connectivity index (χ4v) is 2.32. The summed E-state index contributed by atoms with van der Waals surface area (Å²) in [6.45, 7) is 3.98. The molecule has 2 nitrogen and oxygen atoms in total. The van der Waals surface area contributed by atoms with Gasteiger partial charge in [0.05, 0.1) is 7.11 Å². The summed E-state index contributed by atoms with van der Waals surface area (Å²) in [6, 6.07) is 16.2. The van der Waals surface area contributed by atoms with Crippen LogP contribution in [0.5, 0.6) is 5.75 Å². The third kappa shape index (κ3) is 2.79. The maximum Gasteiger partial charge on any atom is 0.125 e. The molecule has 2 aromatic rings. The van der Waals surface area contributed by atoms with E-state index in [0.717, 1.165) is 23.3 Å². The third-order valence-corrected chi connectivity index (χ3v) is 3.26. The van der Waals surface area contributed by atoms with Crippen molar-refractivity contribution >= 4 is 0 Å². The predicted octanol–water partition coefficient (Wildman–Crippen LogP) is 3.81. The minimum atomic E-state index is -0.130. The highest BCUT2D eigenvalue weighted by molar-refractivity contribution is 5.43. The van der Waals surface area contributed by atoms with Crippen molar-refractivity contribution in [2.24, 2.45) is 0 Å². The second kappa shape index (κ2) is 6.39. The first-order valence-electron chi connectivity index (χ1n) is 6.34. The van der Waals surface area contributed by atoms with Crippen molar-refractivity contribution < 1.29 is 9.47 Å². The molecule has 1 unspecified atom stereocenters. The average Bonchev–Trinajstić information content (AvgIpc) is 2.49. The third-order valence-electron chi connectivity index (χ3n) is 3.26. The average molecular weight is 255 g/mol. The molecule has 0 aliphatic heterocycles. The normalized spacial score (nSPS) is 12.2. The first-order chi connectivity index (χ1) is 9.31. The molecule has 2 aromatic carbocycles. The van der Waals surface area contributed by atoms with Crippen LogP contribution in [0.2, 0.25) is 0 Å². The summed E-state index contributed by atoms with van der Waals surface area (Å²) >= 11 is 0. The van der Waals surface area contributed by atoms with Crippen LogP contribution in [0.15, 0.2) is 48.5 Å².